The summed E-state index contributed by atoms with van der Waals surface area (Å²) in [5.41, 5.74) is 3.05. The van der Waals surface area contributed by atoms with E-state index >= 15 is 0 Å². The third-order valence-electron chi connectivity index (χ3n) is 10.2. The zero-order valence-electron chi connectivity index (χ0n) is 13.6. The molecule has 1 N–H and O–H groups in total. The average Bonchev–Trinajstić information content (AvgIpc) is 2.88. The van der Waals surface area contributed by atoms with Crippen molar-refractivity contribution in [2.24, 2.45) is 39.9 Å². The molecule has 3 saturated heterocycles. The lowest BCUT2D eigenvalue weighted by molar-refractivity contribution is -0.154. The highest BCUT2D eigenvalue weighted by Crippen LogP contribution is 2.87. The number of aliphatic hydroxyl groups excluding tert-OH is 1. The standard InChI is InChI=1S/C20H27NO/c1-10-7-19-8-12-16-18(2)4-3-5-20(16)13(19)6-11(10)15(22)14(19)17(20)21(12)9-18/h11-17,22H,1,3-9H2,2H3/t11-,12-,13+,14+,15-,16+,17+,18-,19+,20+/m1/s1. The summed E-state index contributed by atoms with van der Waals surface area (Å²) in [6.07, 6.45) is 8.24. The predicted octanol–water partition coefficient (Wildman–Crippen LogP) is 2.82. The summed E-state index contributed by atoms with van der Waals surface area (Å²) < 4.78 is 0. The van der Waals surface area contributed by atoms with Gasteiger partial charge in [0, 0.05) is 30.5 Å². The van der Waals surface area contributed by atoms with E-state index < -0.39 is 0 Å². The third-order valence-corrected chi connectivity index (χ3v) is 10.2. The summed E-state index contributed by atoms with van der Waals surface area (Å²) in [4.78, 5) is 2.94. The van der Waals surface area contributed by atoms with Crippen molar-refractivity contribution in [1.29, 1.82) is 0 Å². The normalized spacial score (nSPS) is 75.1. The highest BCUT2D eigenvalue weighted by atomic mass is 16.3. The molecule has 0 radical (unpaired) electrons. The van der Waals surface area contributed by atoms with Gasteiger partial charge < -0.3 is 5.11 Å². The van der Waals surface area contributed by atoms with Crippen LogP contribution in [0.25, 0.3) is 0 Å². The van der Waals surface area contributed by atoms with Crippen LogP contribution in [0.5, 0.6) is 0 Å². The monoisotopic (exact) mass is 297 g/mol. The first-order chi connectivity index (χ1) is 10.5. The minimum Gasteiger partial charge on any atom is -0.392 e. The maximum Gasteiger partial charge on any atom is 0.0654 e. The fourth-order valence-corrected chi connectivity index (χ4v) is 10.5. The number of fused-ring (bicyclic) bond motifs is 1. The van der Waals surface area contributed by atoms with Gasteiger partial charge in [0.05, 0.1) is 6.10 Å². The fourth-order valence-electron chi connectivity index (χ4n) is 10.5. The van der Waals surface area contributed by atoms with Crippen LogP contribution in [0.2, 0.25) is 0 Å². The van der Waals surface area contributed by atoms with Gasteiger partial charge in [0.2, 0.25) is 0 Å². The average molecular weight is 297 g/mol. The van der Waals surface area contributed by atoms with Crippen LogP contribution in [0.15, 0.2) is 12.2 Å². The highest BCUT2D eigenvalue weighted by Gasteiger charge is 2.87. The van der Waals surface area contributed by atoms with Gasteiger partial charge in [-0.1, -0.05) is 25.5 Å². The van der Waals surface area contributed by atoms with Gasteiger partial charge >= 0.3 is 0 Å². The topological polar surface area (TPSA) is 23.5 Å². The molecule has 22 heavy (non-hydrogen) atoms. The van der Waals surface area contributed by atoms with Gasteiger partial charge in [-0.25, -0.2) is 0 Å². The molecule has 2 spiro atoms. The molecule has 6 saturated carbocycles. The summed E-state index contributed by atoms with van der Waals surface area (Å²) in [5.74, 6) is 2.90. The molecule has 9 bridgehead atoms. The molecule has 1 unspecified atom stereocenters. The van der Waals surface area contributed by atoms with Crippen molar-refractivity contribution in [1.82, 2.24) is 4.90 Å². The molecule has 3 heterocycles. The van der Waals surface area contributed by atoms with Crippen LogP contribution in [0, 0.1) is 39.9 Å². The van der Waals surface area contributed by atoms with Crippen molar-refractivity contribution in [3.63, 3.8) is 0 Å². The lowest BCUT2D eigenvalue weighted by Gasteiger charge is -2.64. The SMILES string of the molecule is C=C1C[C@@]23C[C@@H]4[C@H]5[C@]6(C)CCC[C@@]57[C@H]([C@@H]2[C@H](O)[C@@H]1C[C@@H]37)N4C6. The van der Waals surface area contributed by atoms with Crippen LogP contribution in [0.1, 0.15) is 45.4 Å². The molecular formula is C20H27NO. The van der Waals surface area contributed by atoms with Gasteiger partial charge in [0.15, 0.2) is 0 Å². The molecule has 0 amide bonds. The molecule has 3 aliphatic heterocycles. The molecule has 118 valence electrons. The number of nitrogens with zero attached hydrogens (tertiary/aromatic N) is 1. The van der Waals surface area contributed by atoms with Gasteiger partial charge in [-0.3, -0.25) is 4.90 Å². The molecule has 9 aliphatic rings. The second-order valence-electron chi connectivity index (χ2n) is 10.5. The van der Waals surface area contributed by atoms with Crippen molar-refractivity contribution < 1.29 is 5.11 Å². The van der Waals surface area contributed by atoms with Crippen LogP contribution < -0.4 is 0 Å². The summed E-state index contributed by atoms with van der Waals surface area (Å²) in [6, 6.07) is 1.60. The van der Waals surface area contributed by atoms with Gasteiger partial charge in [0.1, 0.15) is 0 Å². The van der Waals surface area contributed by atoms with Crippen molar-refractivity contribution in [2.45, 2.75) is 63.6 Å². The van der Waals surface area contributed by atoms with Crippen molar-refractivity contribution in [2.75, 3.05) is 6.54 Å². The van der Waals surface area contributed by atoms with E-state index in [0.29, 0.717) is 28.1 Å². The zero-order valence-corrected chi connectivity index (χ0v) is 13.6. The largest absolute Gasteiger partial charge is 0.392 e. The Kier molecular flexibility index (Phi) is 1.64. The van der Waals surface area contributed by atoms with E-state index in [1.54, 1.807) is 0 Å². The summed E-state index contributed by atoms with van der Waals surface area (Å²) >= 11 is 0. The number of hydrogen-bond acceptors (Lipinski definition) is 2. The Morgan fingerprint density at radius 3 is 3.05 bits per heavy atom. The van der Waals surface area contributed by atoms with E-state index in [1.165, 1.54) is 50.6 Å². The first kappa shape index (κ1) is 12.1. The fraction of sp³-hybridized carbons (Fsp3) is 0.900. The number of piperidine rings is 2. The molecule has 2 nitrogen and oxygen atoms in total. The molecular weight excluding hydrogens is 270 g/mol. The molecule has 9 rings (SSSR count). The number of hydrogen-bond donors (Lipinski definition) is 1. The van der Waals surface area contributed by atoms with Crippen LogP contribution in [0.3, 0.4) is 0 Å². The quantitative estimate of drug-likeness (QED) is 0.695. The van der Waals surface area contributed by atoms with Crippen molar-refractivity contribution in [3.05, 3.63) is 12.2 Å². The van der Waals surface area contributed by atoms with E-state index in [1.807, 2.05) is 0 Å². The van der Waals surface area contributed by atoms with E-state index in [4.69, 9.17) is 0 Å². The summed E-state index contributed by atoms with van der Waals surface area (Å²) in [7, 11) is 0. The van der Waals surface area contributed by atoms with Gasteiger partial charge in [-0.2, -0.15) is 0 Å². The predicted molar refractivity (Wildman–Crippen MR) is 84.1 cm³/mol. The number of aliphatic hydroxyl groups is 1. The summed E-state index contributed by atoms with van der Waals surface area (Å²) in [6.45, 7) is 8.34. The van der Waals surface area contributed by atoms with Crippen LogP contribution >= 0.6 is 0 Å². The van der Waals surface area contributed by atoms with E-state index in [2.05, 4.69) is 18.4 Å². The summed E-state index contributed by atoms with van der Waals surface area (Å²) in [5, 5.41) is 11.2. The second kappa shape index (κ2) is 2.99. The molecule has 0 aromatic heterocycles. The Hall–Kier alpha value is -0.340. The van der Waals surface area contributed by atoms with Gasteiger partial charge in [-0.15, -0.1) is 0 Å². The maximum absolute atomic E-state index is 11.2. The molecule has 0 aromatic rings. The lowest BCUT2D eigenvalue weighted by Crippen LogP contribution is -2.62. The Morgan fingerprint density at radius 1 is 1.32 bits per heavy atom. The second-order valence-corrected chi connectivity index (χ2v) is 10.5. The maximum atomic E-state index is 11.2. The zero-order chi connectivity index (χ0) is 14.6. The molecule has 9 fully saturated rings. The Labute approximate surface area is 132 Å². The van der Waals surface area contributed by atoms with Crippen LogP contribution in [-0.2, 0) is 0 Å². The van der Waals surface area contributed by atoms with Crippen molar-refractivity contribution >= 4 is 0 Å². The molecule has 0 aromatic carbocycles. The molecule has 2 heteroatoms. The van der Waals surface area contributed by atoms with E-state index in [0.717, 1.165) is 23.9 Å². The highest BCUT2D eigenvalue weighted by molar-refractivity contribution is 5.41. The van der Waals surface area contributed by atoms with Gasteiger partial charge in [-0.05, 0) is 60.2 Å². The molecule has 6 aliphatic carbocycles. The Balaban J connectivity index is 1.53. The smallest absolute Gasteiger partial charge is 0.0654 e. The minimum absolute atomic E-state index is 0.0737. The van der Waals surface area contributed by atoms with Gasteiger partial charge in [0.25, 0.3) is 0 Å². The third kappa shape index (κ3) is 0.833. The number of rotatable bonds is 0. The van der Waals surface area contributed by atoms with Crippen molar-refractivity contribution in [3.8, 4) is 0 Å². The minimum atomic E-state index is -0.0737. The van der Waals surface area contributed by atoms with E-state index in [9.17, 15) is 5.11 Å². The van der Waals surface area contributed by atoms with E-state index in [-0.39, 0.29) is 6.10 Å². The first-order valence-electron chi connectivity index (χ1n) is 9.64. The van der Waals surface area contributed by atoms with Crippen LogP contribution in [-0.4, -0.2) is 34.7 Å². The van der Waals surface area contributed by atoms with Crippen LogP contribution in [0.4, 0.5) is 0 Å². The lowest BCUT2D eigenvalue weighted by atomic mass is 9.41. The molecule has 11 atom stereocenters. The Morgan fingerprint density at radius 2 is 2.18 bits per heavy atom. The first-order valence-corrected chi connectivity index (χ1v) is 9.64. The Bertz CT molecular complexity index is 644.